The first-order valence-corrected chi connectivity index (χ1v) is 5.91. The third kappa shape index (κ3) is 6.71. The Morgan fingerprint density at radius 3 is 1.95 bits per heavy atom. The molecular weight excluding hydrogens is 272 g/mol. The van der Waals surface area contributed by atoms with Crippen molar-refractivity contribution in [3.8, 4) is 11.8 Å². The van der Waals surface area contributed by atoms with Crippen molar-refractivity contribution in [2.45, 2.75) is 51.5 Å². The van der Waals surface area contributed by atoms with Gasteiger partial charge in [0.05, 0.1) is 0 Å². The van der Waals surface area contributed by atoms with Crippen LogP contribution in [0.3, 0.4) is 0 Å². The van der Waals surface area contributed by atoms with Gasteiger partial charge in [0, 0.05) is 12.5 Å². The first-order valence-electron chi connectivity index (χ1n) is 5.91. The maximum absolute atomic E-state index is 12.6. The van der Waals surface area contributed by atoms with Gasteiger partial charge in [0.15, 0.2) is 5.92 Å². The van der Waals surface area contributed by atoms with E-state index in [4.69, 9.17) is 0 Å². The topological polar surface area (TPSA) is 12.0 Å². The van der Waals surface area contributed by atoms with Crippen molar-refractivity contribution in [1.29, 1.82) is 0 Å². The van der Waals surface area contributed by atoms with Gasteiger partial charge in [-0.15, -0.1) is 11.8 Å². The fourth-order valence-corrected chi connectivity index (χ4v) is 1.71. The van der Waals surface area contributed by atoms with Gasteiger partial charge >= 0.3 is 12.4 Å². The van der Waals surface area contributed by atoms with E-state index in [1.165, 1.54) is 6.92 Å². The zero-order valence-corrected chi connectivity index (χ0v) is 10.8. The maximum atomic E-state index is 12.6. The second kappa shape index (κ2) is 7.63. The van der Waals surface area contributed by atoms with E-state index in [2.05, 4.69) is 17.2 Å². The minimum Gasteiger partial charge on any atom is -0.313 e. The predicted molar refractivity (Wildman–Crippen MR) is 60.4 cm³/mol. The summed E-state index contributed by atoms with van der Waals surface area (Å²) in [5, 5.41) is 2.33. The molecule has 0 radical (unpaired) electrons. The molecule has 0 aromatic rings. The number of halogens is 6. The van der Waals surface area contributed by atoms with Gasteiger partial charge in [-0.1, -0.05) is 6.92 Å². The van der Waals surface area contributed by atoms with E-state index in [0.29, 0.717) is 6.42 Å². The molecule has 0 aliphatic carbocycles. The molecule has 0 spiro atoms. The molecule has 0 aliphatic rings. The Labute approximate surface area is 108 Å². The fourth-order valence-electron chi connectivity index (χ4n) is 1.71. The summed E-state index contributed by atoms with van der Waals surface area (Å²) >= 11 is 0. The average molecular weight is 289 g/mol. The summed E-state index contributed by atoms with van der Waals surface area (Å²) in [6.07, 6.45) is -10.5. The molecular formula is C12H17F6N. The fraction of sp³-hybridized carbons (Fsp3) is 0.833. The van der Waals surface area contributed by atoms with Gasteiger partial charge < -0.3 is 5.32 Å². The van der Waals surface area contributed by atoms with Gasteiger partial charge in [0.2, 0.25) is 0 Å². The number of alkyl halides is 6. The van der Waals surface area contributed by atoms with E-state index in [1.54, 1.807) is 6.92 Å². The second-order valence-corrected chi connectivity index (χ2v) is 4.09. The largest absolute Gasteiger partial charge is 0.401 e. The lowest BCUT2D eigenvalue weighted by molar-refractivity contribution is -0.292. The summed E-state index contributed by atoms with van der Waals surface area (Å²) in [6.45, 7) is 3.26. The third-order valence-corrected chi connectivity index (χ3v) is 2.52. The van der Waals surface area contributed by atoms with Crippen LogP contribution in [0.4, 0.5) is 26.3 Å². The van der Waals surface area contributed by atoms with Crippen molar-refractivity contribution in [2.24, 2.45) is 5.92 Å². The number of hydrogen-bond donors (Lipinski definition) is 1. The number of rotatable bonds is 6. The summed E-state index contributed by atoms with van der Waals surface area (Å²) < 4.78 is 75.6. The Kier molecular flexibility index (Phi) is 7.27. The molecule has 0 rings (SSSR count). The molecule has 1 nitrogen and oxygen atoms in total. The Bertz CT molecular complexity index is 295. The van der Waals surface area contributed by atoms with Crippen LogP contribution in [0.1, 0.15) is 33.1 Å². The Morgan fingerprint density at radius 1 is 1.05 bits per heavy atom. The smallest absolute Gasteiger partial charge is 0.313 e. The van der Waals surface area contributed by atoms with Crippen LogP contribution in [0, 0.1) is 17.8 Å². The van der Waals surface area contributed by atoms with Crippen molar-refractivity contribution in [3.05, 3.63) is 0 Å². The van der Waals surface area contributed by atoms with Crippen molar-refractivity contribution in [3.63, 3.8) is 0 Å². The molecule has 7 heteroatoms. The summed E-state index contributed by atoms with van der Waals surface area (Å²) in [5.74, 6) is 1.59. The first kappa shape index (κ1) is 18.1. The molecule has 1 N–H and O–H groups in total. The lowest BCUT2D eigenvalue weighted by atomic mass is 9.94. The maximum Gasteiger partial charge on any atom is 0.401 e. The quantitative estimate of drug-likeness (QED) is 0.577. The second-order valence-electron chi connectivity index (χ2n) is 4.09. The van der Waals surface area contributed by atoms with E-state index in [1.807, 2.05) is 0 Å². The molecule has 1 atom stereocenters. The van der Waals surface area contributed by atoms with Crippen molar-refractivity contribution in [2.75, 3.05) is 6.54 Å². The summed E-state index contributed by atoms with van der Waals surface area (Å²) in [6, 6.07) is -1.69. The van der Waals surface area contributed by atoms with Crippen LogP contribution < -0.4 is 5.32 Å². The van der Waals surface area contributed by atoms with E-state index >= 15 is 0 Å². The standard InChI is InChI=1S/C12H17F6N/c1-3-5-6-7-9(19-8-4-2)10(11(13,14)15)12(16,17)18/h9-10,19H,4,6-8H2,1-2H3. The molecule has 0 fully saturated rings. The molecule has 0 aromatic carbocycles. The monoisotopic (exact) mass is 289 g/mol. The van der Waals surface area contributed by atoms with E-state index in [9.17, 15) is 26.3 Å². The van der Waals surface area contributed by atoms with Crippen molar-refractivity contribution < 1.29 is 26.3 Å². The van der Waals surface area contributed by atoms with Crippen LogP contribution in [-0.2, 0) is 0 Å². The van der Waals surface area contributed by atoms with Crippen LogP contribution in [0.25, 0.3) is 0 Å². The molecule has 112 valence electrons. The minimum atomic E-state index is -5.32. The molecule has 0 saturated heterocycles. The highest BCUT2D eigenvalue weighted by atomic mass is 19.4. The van der Waals surface area contributed by atoms with Gasteiger partial charge in [-0.05, 0) is 26.3 Å². The Balaban J connectivity index is 5.04. The van der Waals surface area contributed by atoms with Gasteiger partial charge in [-0.3, -0.25) is 0 Å². The van der Waals surface area contributed by atoms with Crippen molar-refractivity contribution in [1.82, 2.24) is 5.32 Å². The molecule has 1 unspecified atom stereocenters. The van der Waals surface area contributed by atoms with E-state index in [-0.39, 0.29) is 19.4 Å². The van der Waals surface area contributed by atoms with Gasteiger partial charge in [-0.2, -0.15) is 26.3 Å². The molecule has 0 aliphatic heterocycles. The molecule has 0 amide bonds. The average Bonchev–Trinajstić information content (AvgIpc) is 2.21. The molecule has 0 aromatic heterocycles. The molecule has 19 heavy (non-hydrogen) atoms. The molecule has 0 heterocycles. The van der Waals surface area contributed by atoms with Crippen LogP contribution >= 0.6 is 0 Å². The van der Waals surface area contributed by atoms with Gasteiger partial charge in [0.25, 0.3) is 0 Å². The van der Waals surface area contributed by atoms with Crippen molar-refractivity contribution >= 4 is 0 Å². The first-order chi connectivity index (χ1) is 8.64. The normalized spacial score (nSPS) is 14.2. The highest BCUT2D eigenvalue weighted by molar-refractivity contribution is 4.97. The summed E-state index contributed by atoms with van der Waals surface area (Å²) in [7, 11) is 0. The highest BCUT2D eigenvalue weighted by Crippen LogP contribution is 2.42. The molecule has 0 bridgehead atoms. The Morgan fingerprint density at radius 2 is 1.58 bits per heavy atom. The zero-order valence-electron chi connectivity index (χ0n) is 10.8. The highest BCUT2D eigenvalue weighted by Gasteiger charge is 2.59. The number of nitrogens with one attached hydrogen (secondary N) is 1. The lowest BCUT2D eigenvalue weighted by Gasteiger charge is -2.31. The lowest BCUT2D eigenvalue weighted by Crippen LogP contribution is -2.51. The van der Waals surface area contributed by atoms with Gasteiger partial charge in [0.1, 0.15) is 0 Å². The van der Waals surface area contributed by atoms with Crippen LogP contribution in [-0.4, -0.2) is 24.9 Å². The Hall–Kier alpha value is -0.900. The summed E-state index contributed by atoms with van der Waals surface area (Å²) in [4.78, 5) is 0. The molecule has 0 saturated carbocycles. The van der Waals surface area contributed by atoms with Crippen LogP contribution in [0.15, 0.2) is 0 Å². The van der Waals surface area contributed by atoms with Gasteiger partial charge in [-0.25, -0.2) is 0 Å². The predicted octanol–water partition coefficient (Wildman–Crippen LogP) is 3.90. The summed E-state index contributed by atoms with van der Waals surface area (Å²) in [5.41, 5.74) is 0. The van der Waals surface area contributed by atoms with E-state index < -0.39 is 24.3 Å². The zero-order chi connectivity index (χ0) is 15.1. The minimum absolute atomic E-state index is 0.000537. The SMILES string of the molecule is CC#CCCC(NCCC)C(C(F)(F)F)C(F)(F)F. The van der Waals surface area contributed by atoms with E-state index in [0.717, 1.165) is 0 Å². The third-order valence-electron chi connectivity index (χ3n) is 2.52. The van der Waals surface area contributed by atoms with Crippen LogP contribution in [0.5, 0.6) is 0 Å². The van der Waals surface area contributed by atoms with Crippen LogP contribution in [0.2, 0.25) is 0 Å². The number of hydrogen-bond acceptors (Lipinski definition) is 1.